The average Bonchev–Trinajstić information content (AvgIpc) is 3.35. The number of nitrogens with one attached hydrogen (secondary N) is 1. The SMILES string of the molecule is O=C(Nc1ccc(-c2nccs2)cc1)N1CCC[C@@H]1c1ccsc1. The lowest BCUT2D eigenvalue weighted by atomic mass is 10.1. The first kappa shape index (κ1) is 15.4. The average molecular weight is 355 g/mol. The van der Waals surface area contributed by atoms with Gasteiger partial charge in [0.25, 0.3) is 0 Å². The molecule has 122 valence electrons. The summed E-state index contributed by atoms with van der Waals surface area (Å²) in [6.07, 6.45) is 3.89. The molecule has 0 aliphatic carbocycles. The molecule has 2 aromatic heterocycles. The van der Waals surface area contributed by atoms with Crippen molar-refractivity contribution >= 4 is 34.4 Å². The summed E-state index contributed by atoms with van der Waals surface area (Å²) in [7, 11) is 0. The number of thiophene rings is 1. The van der Waals surface area contributed by atoms with E-state index in [0.717, 1.165) is 35.6 Å². The first-order valence-corrected chi connectivity index (χ1v) is 9.73. The quantitative estimate of drug-likeness (QED) is 0.698. The number of aromatic nitrogens is 1. The fourth-order valence-corrected chi connectivity index (χ4v) is 4.43. The first-order valence-electron chi connectivity index (χ1n) is 7.91. The van der Waals surface area contributed by atoms with Gasteiger partial charge in [-0.3, -0.25) is 0 Å². The smallest absolute Gasteiger partial charge is 0.317 e. The van der Waals surface area contributed by atoms with Crippen LogP contribution < -0.4 is 5.32 Å². The summed E-state index contributed by atoms with van der Waals surface area (Å²) in [5.74, 6) is 0. The van der Waals surface area contributed by atoms with Gasteiger partial charge in [0.05, 0.1) is 6.04 Å². The monoisotopic (exact) mass is 355 g/mol. The fourth-order valence-electron chi connectivity index (χ4n) is 3.08. The zero-order valence-corrected chi connectivity index (χ0v) is 14.6. The minimum Gasteiger partial charge on any atom is -0.317 e. The van der Waals surface area contributed by atoms with Crippen LogP contribution in [0, 0.1) is 0 Å². The minimum atomic E-state index is -0.0225. The van der Waals surface area contributed by atoms with Crippen molar-refractivity contribution < 1.29 is 4.79 Å². The molecule has 6 heteroatoms. The van der Waals surface area contributed by atoms with Crippen LogP contribution in [-0.4, -0.2) is 22.5 Å². The Morgan fingerprint density at radius 1 is 1.21 bits per heavy atom. The van der Waals surface area contributed by atoms with Crippen LogP contribution in [0.25, 0.3) is 10.6 Å². The second kappa shape index (κ2) is 6.75. The van der Waals surface area contributed by atoms with Crippen molar-refractivity contribution in [2.75, 3.05) is 11.9 Å². The van der Waals surface area contributed by atoms with E-state index in [1.165, 1.54) is 5.56 Å². The predicted octanol–water partition coefficient (Wildman–Crippen LogP) is 5.24. The van der Waals surface area contributed by atoms with Gasteiger partial charge in [-0.15, -0.1) is 11.3 Å². The summed E-state index contributed by atoms with van der Waals surface area (Å²) in [6, 6.07) is 10.2. The molecule has 1 fully saturated rings. The normalized spacial score (nSPS) is 17.2. The highest BCUT2D eigenvalue weighted by Gasteiger charge is 2.30. The number of rotatable bonds is 3. The highest BCUT2D eigenvalue weighted by atomic mass is 32.1. The van der Waals surface area contributed by atoms with Crippen LogP contribution in [0.15, 0.2) is 52.7 Å². The summed E-state index contributed by atoms with van der Waals surface area (Å²) in [5.41, 5.74) is 3.13. The Kier molecular flexibility index (Phi) is 4.32. The number of urea groups is 1. The summed E-state index contributed by atoms with van der Waals surface area (Å²) >= 11 is 3.29. The largest absolute Gasteiger partial charge is 0.322 e. The van der Waals surface area contributed by atoms with Crippen LogP contribution in [0.3, 0.4) is 0 Å². The van der Waals surface area contributed by atoms with Gasteiger partial charge >= 0.3 is 6.03 Å². The van der Waals surface area contributed by atoms with Crippen LogP contribution in [0.1, 0.15) is 24.4 Å². The topological polar surface area (TPSA) is 45.2 Å². The second-order valence-electron chi connectivity index (χ2n) is 5.75. The van der Waals surface area contributed by atoms with Crippen molar-refractivity contribution in [2.24, 2.45) is 0 Å². The lowest BCUT2D eigenvalue weighted by molar-refractivity contribution is 0.207. The number of likely N-dealkylation sites (tertiary alicyclic amines) is 1. The maximum absolute atomic E-state index is 12.6. The van der Waals surface area contributed by atoms with Gasteiger partial charge in [-0.25, -0.2) is 9.78 Å². The van der Waals surface area contributed by atoms with Crippen molar-refractivity contribution in [1.29, 1.82) is 0 Å². The summed E-state index contributed by atoms with van der Waals surface area (Å²) in [5, 5.41) is 10.2. The molecule has 0 saturated carbocycles. The van der Waals surface area contributed by atoms with E-state index in [1.54, 1.807) is 28.9 Å². The van der Waals surface area contributed by atoms with E-state index in [1.807, 2.05) is 34.5 Å². The predicted molar refractivity (Wildman–Crippen MR) is 99.6 cm³/mol. The van der Waals surface area contributed by atoms with E-state index in [0.29, 0.717) is 0 Å². The highest BCUT2D eigenvalue weighted by molar-refractivity contribution is 7.13. The van der Waals surface area contributed by atoms with Crippen LogP contribution in [0.2, 0.25) is 0 Å². The Labute approximate surface area is 148 Å². The summed E-state index contributed by atoms with van der Waals surface area (Å²) in [4.78, 5) is 18.9. The number of anilines is 1. The minimum absolute atomic E-state index is 0.0225. The fraction of sp³-hybridized carbons (Fsp3) is 0.222. The molecule has 0 radical (unpaired) electrons. The Bertz CT molecular complexity index is 797. The third kappa shape index (κ3) is 3.07. The molecule has 1 aromatic carbocycles. The van der Waals surface area contributed by atoms with Gasteiger partial charge in [0, 0.05) is 29.4 Å². The number of amides is 2. The van der Waals surface area contributed by atoms with Crippen LogP contribution in [0.5, 0.6) is 0 Å². The Balaban J connectivity index is 1.46. The molecule has 1 saturated heterocycles. The lowest BCUT2D eigenvalue weighted by Gasteiger charge is -2.24. The van der Waals surface area contributed by atoms with Gasteiger partial charge in [0.1, 0.15) is 5.01 Å². The number of benzene rings is 1. The molecule has 1 aliphatic rings. The number of carbonyl (C=O) groups is 1. The van der Waals surface area contributed by atoms with E-state index >= 15 is 0 Å². The summed E-state index contributed by atoms with van der Waals surface area (Å²) in [6.45, 7) is 0.809. The zero-order chi connectivity index (χ0) is 16.4. The van der Waals surface area contributed by atoms with Gasteiger partial charge in [-0.05, 0) is 59.5 Å². The number of carbonyl (C=O) groups excluding carboxylic acids is 1. The molecular formula is C18H17N3OS2. The van der Waals surface area contributed by atoms with E-state index in [-0.39, 0.29) is 12.1 Å². The van der Waals surface area contributed by atoms with E-state index in [4.69, 9.17) is 0 Å². The first-order chi connectivity index (χ1) is 11.8. The van der Waals surface area contributed by atoms with Crippen molar-refractivity contribution in [1.82, 2.24) is 9.88 Å². The maximum Gasteiger partial charge on any atom is 0.322 e. The van der Waals surface area contributed by atoms with Crippen molar-refractivity contribution in [2.45, 2.75) is 18.9 Å². The maximum atomic E-state index is 12.6. The molecule has 24 heavy (non-hydrogen) atoms. The molecule has 0 spiro atoms. The number of nitrogens with zero attached hydrogens (tertiary/aromatic N) is 2. The Hall–Kier alpha value is -2.18. The van der Waals surface area contributed by atoms with Gasteiger partial charge in [0.15, 0.2) is 0 Å². The standard InChI is InChI=1S/C18H17N3OS2/c22-18(21-9-1-2-16(21)14-7-10-23-12-14)20-15-5-3-13(4-6-15)17-19-8-11-24-17/h3-8,10-12,16H,1-2,9H2,(H,20,22)/t16-/m1/s1. The van der Waals surface area contributed by atoms with Crippen molar-refractivity contribution in [3.05, 3.63) is 58.2 Å². The number of thiazole rings is 1. The van der Waals surface area contributed by atoms with E-state index in [2.05, 4.69) is 27.1 Å². The molecule has 3 heterocycles. The van der Waals surface area contributed by atoms with Crippen LogP contribution in [-0.2, 0) is 0 Å². The van der Waals surface area contributed by atoms with E-state index in [9.17, 15) is 4.79 Å². The van der Waals surface area contributed by atoms with Gasteiger partial charge in [-0.2, -0.15) is 11.3 Å². The van der Waals surface area contributed by atoms with Crippen molar-refractivity contribution in [3.8, 4) is 10.6 Å². The molecule has 1 N–H and O–H groups in total. The van der Waals surface area contributed by atoms with Gasteiger partial charge in [-0.1, -0.05) is 0 Å². The molecule has 4 rings (SSSR count). The molecule has 2 amide bonds. The molecule has 1 aliphatic heterocycles. The number of hydrogen-bond acceptors (Lipinski definition) is 4. The molecule has 0 unspecified atom stereocenters. The van der Waals surface area contributed by atoms with E-state index < -0.39 is 0 Å². The molecule has 1 atom stereocenters. The number of hydrogen-bond donors (Lipinski definition) is 1. The zero-order valence-electron chi connectivity index (χ0n) is 13.0. The Morgan fingerprint density at radius 2 is 2.08 bits per heavy atom. The summed E-state index contributed by atoms with van der Waals surface area (Å²) < 4.78 is 0. The molecular weight excluding hydrogens is 338 g/mol. The Morgan fingerprint density at radius 3 is 2.79 bits per heavy atom. The third-order valence-corrected chi connectivity index (χ3v) is 5.78. The van der Waals surface area contributed by atoms with Crippen LogP contribution in [0.4, 0.5) is 10.5 Å². The molecule has 4 nitrogen and oxygen atoms in total. The highest BCUT2D eigenvalue weighted by Crippen LogP contribution is 2.33. The van der Waals surface area contributed by atoms with Crippen LogP contribution >= 0.6 is 22.7 Å². The lowest BCUT2D eigenvalue weighted by Crippen LogP contribution is -2.34. The molecule has 3 aromatic rings. The second-order valence-corrected chi connectivity index (χ2v) is 7.43. The van der Waals surface area contributed by atoms with Gasteiger partial charge < -0.3 is 10.2 Å². The third-order valence-electron chi connectivity index (χ3n) is 4.26. The van der Waals surface area contributed by atoms with Gasteiger partial charge in [0.2, 0.25) is 0 Å². The van der Waals surface area contributed by atoms with Crippen molar-refractivity contribution in [3.63, 3.8) is 0 Å². The molecule has 0 bridgehead atoms.